The molecule has 0 spiro atoms. The molecule has 0 aromatic heterocycles. The van der Waals surface area contributed by atoms with Gasteiger partial charge < -0.3 is 10.6 Å². The lowest BCUT2D eigenvalue weighted by molar-refractivity contribution is -0.687. The highest BCUT2D eigenvalue weighted by Crippen LogP contribution is 2.22. The zero-order valence-corrected chi connectivity index (χ0v) is 13.6. The SMILES string of the molecule is CCc1cccc(C)c1NC(=O)C[NH2+][C@H]1CCCC[C@H]1C. The number of anilines is 1. The number of carbonyl (C=O) groups is 1. The lowest BCUT2D eigenvalue weighted by atomic mass is 9.86. The average Bonchev–Trinajstić information content (AvgIpc) is 2.48. The minimum atomic E-state index is 0.122. The van der Waals surface area contributed by atoms with Crippen LogP contribution in [0.4, 0.5) is 5.69 Å². The van der Waals surface area contributed by atoms with Gasteiger partial charge in [0.1, 0.15) is 0 Å². The van der Waals surface area contributed by atoms with Crippen molar-refractivity contribution in [1.29, 1.82) is 0 Å². The minimum Gasteiger partial charge on any atom is -0.336 e. The largest absolute Gasteiger partial charge is 0.336 e. The number of hydrogen-bond donors (Lipinski definition) is 2. The molecule has 0 bridgehead atoms. The van der Waals surface area contributed by atoms with E-state index in [1.54, 1.807) is 0 Å². The number of para-hydroxylation sites is 1. The van der Waals surface area contributed by atoms with Crippen molar-refractivity contribution in [2.75, 3.05) is 11.9 Å². The molecule has 2 rings (SSSR count). The van der Waals surface area contributed by atoms with Crippen LogP contribution in [0.2, 0.25) is 0 Å². The fourth-order valence-electron chi connectivity index (χ4n) is 3.35. The van der Waals surface area contributed by atoms with Crippen molar-refractivity contribution >= 4 is 11.6 Å². The number of amides is 1. The standard InChI is InChI=1S/C18H28N2O/c1-4-15-10-7-9-14(3)18(15)20-17(21)12-19-16-11-6-5-8-13(16)2/h7,9-10,13,16,19H,4-6,8,11-12H2,1-3H3,(H,20,21)/p+1/t13-,16+/m1/s1. The first-order chi connectivity index (χ1) is 10.1. The van der Waals surface area contributed by atoms with Gasteiger partial charge in [0.15, 0.2) is 6.54 Å². The molecule has 1 aromatic rings. The number of nitrogens with one attached hydrogen (secondary N) is 1. The van der Waals surface area contributed by atoms with Gasteiger partial charge in [-0.05, 0) is 43.7 Å². The molecular weight excluding hydrogens is 260 g/mol. The first kappa shape index (κ1) is 16.0. The van der Waals surface area contributed by atoms with Crippen LogP contribution in [0.1, 0.15) is 50.7 Å². The van der Waals surface area contributed by atoms with E-state index in [4.69, 9.17) is 0 Å². The van der Waals surface area contributed by atoms with Gasteiger partial charge in [-0.15, -0.1) is 0 Å². The van der Waals surface area contributed by atoms with Crippen LogP contribution in [0, 0.1) is 12.8 Å². The zero-order valence-electron chi connectivity index (χ0n) is 13.6. The van der Waals surface area contributed by atoms with Crippen LogP contribution in [0.25, 0.3) is 0 Å². The Bertz CT molecular complexity index is 484. The minimum absolute atomic E-state index is 0.122. The van der Waals surface area contributed by atoms with Gasteiger partial charge in [0.05, 0.1) is 6.04 Å². The van der Waals surface area contributed by atoms with E-state index < -0.39 is 0 Å². The molecule has 0 radical (unpaired) electrons. The molecular formula is C18H29N2O+. The van der Waals surface area contributed by atoms with E-state index >= 15 is 0 Å². The normalized spacial score (nSPS) is 22.0. The Morgan fingerprint density at radius 2 is 2.10 bits per heavy atom. The molecule has 1 saturated carbocycles. The lowest BCUT2D eigenvalue weighted by Crippen LogP contribution is -2.93. The fraction of sp³-hybridized carbons (Fsp3) is 0.611. The molecule has 3 N–H and O–H groups in total. The summed E-state index contributed by atoms with van der Waals surface area (Å²) in [6.07, 6.45) is 6.16. The van der Waals surface area contributed by atoms with Gasteiger partial charge in [-0.1, -0.05) is 38.5 Å². The first-order valence-electron chi connectivity index (χ1n) is 8.33. The molecule has 0 heterocycles. The quantitative estimate of drug-likeness (QED) is 0.860. The summed E-state index contributed by atoms with van der Waals surface area (Å²) in [5.41, 5.74) is 3.37. The molecule has 0 aliphatic heterocycles. The van der Waals surface area contributed by atoms with E-state index in [1.807, 2.05) is 0 Å². The Hall–Kier alpha value is -1.35. The number of hydrogen-bond acceptors (Lipinski definition) is 1. The van der Waals surface area contributed by atoms with Crippen LogP contribution in [-0.2, 0) is 11.2 Å². The summed E-state index contributed by atoms with van der Waals surface area (Å²) in [4.78, 5) is 12.2. The van der Waals surface area contributed by atoms with Crippen molar-refractivity contribution in [3.63, 3.8) is 0 Å². The van der Waals surface area contributed by atoms with Gasteiger partial charge in [-0.2, -0.15) is 0 Å². The molecule has 0 saturated heterocycles. The highest BCUT2D eigenvalue weighted by molar-refractivity contribution is 5.93. The fourth-order valence-corrected chi connectivity index (χ4v) is 3.35. The van der Waals surface area contributed by atoms with Crippen LogP contribution < -0.4 is 10.6 Å². The summed E-state index contributed by atoms with van der Waals surface area (Å²) in [5, 5.41) is 5.35. The van der Waals surface area contributed by atoms with Crippen LogP contribution in [0.5, 0.6) is 0 Å². The maximum Gasteiger partial charge on any atom is 0.279 e. The Kier molecular flexibility index (Phi) is 5.80. The van der Waals surface area contributed by atoms with E-state index in [0.717, 1.165) is 23.6 Å². The van der Waals surface area contributed by atoms with E-state index in [9.17, 15) is 4.79 Å². The number of quaternary nitrogens is 1. The van der Waals surface area contributed by atoms with Crippen LogP contribution in [0.3, 0.4) is 0 Å². The Morgan fingerprint density at radius 1 is 1.33 bits per heavy atom. The summed E-state index contributed by atoms with van der Waals surface area (Å²) in [6.45, 7) is 7.03. The molecule has 21 heavy (non-hydrogen) atoms. The van der Waals surface area contributed by atoms with Crippen molar-refractivity contribution < 1.29 is 10.1 Å². The molecule has 1 fully saturated rings. The molecule has 1 amide bonds. The third-order valence-electron chi connectivity index (χ3n) is 4.79. The number of nitrogens with two attached hydrogens (primary N) is 1. The van der Waals surface area contributed by atoms with E-state index in [2.05, 4.69) is 49.6 Å². The molecule has 0 unspecified atom stereocenters. The zero-order chi connectivity index (χ0) is 15.2. The predicted molar refractivity (Wildman–Crippen MR) is 87.4 cm³/mol. The lowest BCUT2D eigenvalue weighted by Gasteiger charge is -2.26. The molecule has 1 aromatic carbocycles. The highest BCUT2D eigenvalue weighted by Gasteiger charge is 2.24. The van der Waals surface area contributed by atoms with E-state index in [1.165, 1.54) is 31.2 Å². The van der Waals surface area contributed by atoms with Gasteiger partial charge in [0.25, 0.3) is 5.91 Å². The van der Waals surface area contributed by atoms with E-state index in [-0.39, 0.29) is 5.91 Å². The first-order valence-corrected chi connectivity index (χ1v) is 8.33. The third kappa shape index (κ3) is 4.31. The summed E-state index contributed by atoms with van der Waals surface area (Å²) in [5.74, 6) is 0.855. The molecule has 3 heteroatoms. The van der Waals surface area contributed by atoms with Crippen molar-refractivity contribution in [3.8, 4) is 0 Å². The third-order valence-corrected chi connectivity index (χ3v) is 4.79. The second kappa shape index (κ2) is 7.60. The number of benzene rings is 1. The van der Waals surface area contributed by atoms with E-state index in [0.29, 0.717) is 12.6 Å². The van der Waals surface area contributed by atoms with Crippen molar-refractivity contribution in [2.24, 2.45) is 5.92 Å². The smallest absolute Gasteiger partial charge is 0.279 e. The molecule has 3 nitrogen and oxygen atoms in total. The molecule has 116 valence electrons. The summed E-state index contributed by atoms with van der Waals surface area (Å²) in [6, 6.07) is 6.82. The Morgan fingerprint density at radius 3 is 2.81 bits per heavy atom. The highest BCUT2D eigenvalue weighted by atomic mass is 16.1. The molecule has 1 aliphatic rings. The van der Waals surface area contributed by atoms with Gasteiger partial charge in [0, 0.05) is 11.6 Å². The van der Waals surface area contributed by atoms with Gasteiger partial charge >= 0.3 is 0 Å². The molecule has 1 aliphatic carbocycles. The maximum atomic E-state index is 12.2. The van der Waals surface area contributed by atoms with Crippen LogP contribution >= 0.6 is 0 Å². The average molecular weight is 289 g/mol. The van der Waals surface area contributed by atoms with Crippen molar-refractivity contribution in [3.05, 3.63) is 29.3 Å². The van der Waals surface area contributed by atoms with Gasteiger partial charge in [0.2, 0.25) is 0 Å². The monoisotopic (exact) mass is 289 g/mol. The number of aryl methyl sites for hydroxylation is 2. The van der Waals surface area contributed by atoms with Crippen LogP contribution in [0.15, 0.2) is 18.2 Å². The topological polar surface area (TPSA) is 45.7 Å². The van der Waals surface area contributed by atoms with Crippen LogP contribution in [-0.4, -0.2) is 18.5 Å². The Balaban J connectivity index is 1.90. The van der Waals surface area contributed by atoms with Crippen molar-refractivity contribution in [1.82, 2.24) is 0 Å². The number of rotatable bonds is 5. The summed E-state index contributed by atoms with van der Waals surface area (Å²) < 4.78 is 0. The predicted octanol–water partition coefficient (Wildman–Crippen LogP) is 2.64. The van der Waals surface area contributed by atoms with Gasteiger partial charge in [-0.25, -0.2) is 0 Å². The summed E-state index contributed by atoms with van der Waals surface area (Å²) >= 11 is 0. The maximum absolute atomic E-state index is 12.2. The van der Waals surface area contributed by atoms with Crippen molar-refractivity contribution in [2.45, 2.75) is 58.9 Å². The Labute approximate surface area is 128 Å². The summed E-state index contributed by atoms with van der Waals surface area (Å²) in [7, 11) is 0. The second-order valence-corrected chi connectivity index (χ2v) is 6.38. The molecule has 2 atom stereocenters. The van der Waals surface area contributed by atoms with Gasteiger partial charge in [-0.3, -0.25) is 4.79 Å². The number of carbonyl (C=O) groups excluding carboxylic acids is 1. The second-order valence-electron chi connectivity index (χ2n) is 6.38.